The zero-order chi connectivity index (χ0) is 13.1. The van der Waals surface area contributed by atoms with Gasteiger partial charge in [-0.05, 0) is 19.1 Å². The SMILES string of the molecule is Cc1[nH]ncc1CNC[C@H]1COc2ccccc2O1. The van der Waals surface area contributed by atoms with Crippen molar-refractivity contribution >= 4 is 0 Å². The van der Waals surface area contributed by atoms with Gasteiger partial charge in [0.15, 0.2) is 11.5 Å². The summed E-state index contributed by atoms with van der Waals surface area (Å²) in [5, 5.41) is 10.3. The molecule has 0 aliphatic carbocycles. The van der Waals surface area contributed by atoms with Crippen LogP contribution in [0.5, 0.6) is 11.5 Å². The molecule has 2 heterocycles. The normalized spacial score (nSPS) is 17.4. The molecule has 1 aromatic heterocycles. The van der Waals surface area contributed by atoms with E-state index in [-0.39, 0.29) is 6.10 Å². The second-order valence-electron chi connectivity index (χ2n) is 4.65. The van der Waals surface area contributed by atoms with Crippen LogP contribution < -0.4 is 14.8 Å². The summed E-state index contributed by atoms with van der Waals surface area (Å²) in [5.41, 5.74) is 2.27. The summed E-state index contributed by atoms with van der Waals surface area (Å²) in [5.74, 6) is 1.64. The van der Waals surface area contributed by atoms with Crippen molar-refractivity contribution in [2.75, 3.05) is 13.2 Å². The lowest BCUT2D eigenvalue weighted by Gasteiger charge is -2.26. The lowest BCUT2D eigenvalue weighted by atomic mass is 10.2. The maximum atomic E-state index is 5.87. The minimum Gasteiger partial charge on any atom is -0.486 e. The van der Waals surface area contributed by atoms with Gasteiger partial charge in [-0.15, -0.1) is 0 Å². The highest BCUT2D eigenvalue weighted by atomic mass is 16.6. The van der Waals surface area contributed by atoms with Crippen molar-refractivity contribution in [3.05, 3.63) is 41.7 Å². The molecule has 0 fully saturated rings. The zero-order valence-corrected chi connectivity index (χ0v) is 10.8. The molecule has 3 rings (SSSR count). The zero-order valence-electron chi connectivity index (χ0n) is 10.8. The monoisotopic (exact) mass is 259 g/mol. The number of ether oxygens (including phenoxy) is 2. The van der Waals surface area contributed by atoms with Crippen LogP contribution in [0.1, 0.15) is 11.3 Å². The van der Waals surface area contributed by atoms with E-state index in [0.29, 0.717) is 6.61 Å². The Kier molecular flexibility index (Phi) is 3.37. The highest BCUT2D eigenvalue weighted by Gasteiger charge is 2.19. The lowest BCUT2D eigenvalue weighted by molar-refractivity contribution is 0.0902. The number of para-hydroxylation sites is 2. The molecule has 2 N–H and O–H groups in total. The van der Waals surface area contributed by atoms with E-state index in [1.165, 1.54) is 5.56 Å². The molecule has 2 aromatic rings. The predicted octanol–water partition coefficient (Wildman–Crippen LogP) is 1.65. The van der Waals surface area contributed by atoms with Crippen LogP contribution in [-0.4, -0.2) is 29.5 Å². The third-order valence-corrected chi connectivity index (χ3v) is 3.19. The number of aromatic nitrogens is 2. The van der Waals surface area contributed by atoms with Gasteiger partial charge in [-0.3, -0.25) is 5.10 Å². The molecule has 0 unspecified atom stereocenters. The van der Waals surface area contributed by atoms with E-state index in [1.54, 1.807) is 0 Å². The van der Waals surface area contributed by atoms with Crippen LogP contribution in [0.15, 0.2) is 30.5 Å². The van der Waals surface area contributed by atoms with Crippen LogP contribution in [0.4, 0.5) is 0 Å². The summed E-state index contributed by atoms with van der Waals surface area (Å²) < 4.78 is 11.5. The van der Waals surface area contributed by atoms with Crippen molar-refractivity contribution in [3.8, 4) is 11.5 Å². The van der Waals surface area contributed by atoms with Gasteiger partial charge >= 0.3 is 0 Å². The number of hydrogen-bond donors (Lipinski definition) is 2. The van der Waals surface area contributed by atoms with Gasteiger partial charge in [-0.1, -0.05) is 12.1 Å². The topological polar surface area (TPSA) is 59.2 Å². The summed E-state index contributed by atoms with van der Waals surface area (Å²) >= 11 is 0. The van der Waals surface area contributed by atoms with Gasteiger partial charge in [-0.25, -0.2) is 0 Å². The Morgan fingerprint density at radius 1 is 1.37 bits per heavy atom. The van der Waals surface area contributed by atoms with Crippen molar-refractivity contribution in [2.45, 2.75) is 19.6 Å². The molecule has 0 spiro atoms. The van der Waals surface area contributed by atoms with Crippen LogP contribution in [0, 0.1) is 6.92 Å². The lowest BCUT2D eigenvalue weighted by Crippen LogP contribution is -2.38. The maximum absolute atomic E-state index is 5.87. The largest absolute Gasteiger partial charge is 0.486 e. The van der Waals surface area contributed by atoms with Crippen molar-refractivity contribution in [1.29, 1.82) is 0 Å². The third-order valence-electron chi connectivity index (χ3n) is 3.19. The van der Waals surface area contributed by atoms with Gasteiger partial charge < -0.3 is 14.8 Å². The standard InChI is InChI=1S/C14H17N3O2/c1-10-11(7-16-17-10)6-15-8-12-9-18-13-4-2-3-5-14(13)19-12/h2-5,7,12,15H,6,8-9H2,1H3,(H,16,17)/t12-/m0/s1. The van der Waals surface area contributed by atoms with E-state index in [9.17, 15) is 0 Å². The number of aryl methyl sites for hydroxylation is 1. The fraction of sp³-hybridized carbons (Fsp3) is 0.357. The molecule has 0 bridgehead atoms. The molecule has 0 amide bonds. The predicted molar refractivity (Wildman–Crippen MR) is 71.4 cm³/mol. The summed E-state index contributed by atoms with van der Waals surface area (Å²) in [6, 6.07) is 7.75. The van der Waals surface area contributed by atoms with E-state index in [4.69, 9.17) is 9.47 Å². The van der Waals surface area contributed by atoms with E-state index in [2.05, 4.69) is 15.5 Å². The number of rotatable bonds is 4. The quantitative estimate of drug-likeness (QED) is 0.876. The molecule has 0 radical (unpaired) electrons. The number of fused-ring (bicyclic) bond motifs is 1. The number of H-pyrrole nitrogens is 1. The van der Waals surface area contributed by atoms with E-state index in [1.807, 2.05) is 37.4 Å². The average molecular weight is 259 g/mol. The molecule has 5 heteroatoms. The summed E-state index contributed by atoms with van der Waals surface area (Å²) in [7, 11) is 0. The first kappa shape index (κ1) is 12.0. The fourth-order valence-corrected chi connectivity index (χ4v) is 2.09. The van der Waals surface area contributed by atoms with Gasteiger partial charge in [-0.2, -0.15) is 5.10 Å². The molecule has 0 saturated heterocycles. The van der Waals surface area contributed by atoms with Crippen LogP contribution in [-0.2, 0) is 6.54 Å². The van der Waals surface area contributed by atoms with Crippen molar-refractivity contribution in [2.24, 2.45) is 0 Å². The Labute approximate surface area is 111 Å². The summed E-state index contributed by atoms with van der Waals surface area (Å²) in [6.07, 6.45) is 1.89. The van der Waals surface area contributed by atoms with Crippen molar-refractivity contribution < 1.29 is 9.47 Å². The van der Waals surface area contributed by atoms with Gasteiger partial charge in [0.25, 0.3) is 0 Å². The molecular formula is C14H17N3O2. The van der Waals surface area contributed by atoms with Gasteiger partial charge in [0.1, 0.15) is 12.7 Å². The third kappa shape index (κ3) is 2.71. The minimum absolute atomic E-state index is 0.0436. The number of nitrogens with one attached hydrogen (secondary N) is 2. The first-order valence-electron chi connectivity index (χ1n) is 6.41. The van der Waals surface area contributed by atoms with Crippen LogP contribution in [0.2, 0.25) is 0 Å². The Morgan fingerprint density at radius 2 is 2.21 bits per heavy atom. The minimum atomic E-state index is 0.0436. The van der Waals surface area contributed by atoms with Crippen LogP contribution in [0.25, 0.3) is 0 Å². The average Bonchev–Trinajstić information content (AvgIpc) is 2.84. The maximum Gasteiger partial charge on any atom is 0.161 e. The second-order valence-corrected chi connectivity index (χ2v) is 4.65. The molecule has 19 heavy (non-hydrogen) atoms. The first-order valence-corrected chi connectivity index (χ1v) is 6.41. The van der Waals surface area contributed by atoms with Crippen LogP contribution in [0.3, 0.4) is 0 Å². The Balaban J connectivity index is 1.51. The fourth-order valence-electron chi connectivity index (χ4n) is 2.09. The van der Waals surface area contributed by atoms with E-state index >= 15 is 0 Å². The highest BCUT2D eigenvalue weighted by molar-refractivity contribution is 5.40. The first-order chi connectivity index (χ1) is 9.33. The molecule has 100 valence electrons. The van der Waals surface area contributed by atoms with Crippen LogP contribution >= 0.6 is 0 Å². The van der Waals surface area contributed by atoms with E-state index in [0.717, 1.165) is 30.3 Å². The van der Waals surface area contributed by atoms with E-state index < -0.39 is 0 Å². The molecule has 1 atom stereocenters. The Hall–Kier alpha value is -2.01. The van der Waals surface area contributed by atoms with Crippen molar-refractivity contribution in [3.63, 3.8) is 0 Å². The van der Waals surface area contributed by atoms with Gasteiger partial charge in [0.2, 0.25) is 0 Å². The second kappa shape index (κ2) is 5.32. The molecule has 1 aromatic carbocycles. The number of nitrogens with zero attached hydrogens (tertiary/aromatic N) is 1. The number of aromatic amines is 1. The molecule has 0 saturated carbocycles. The summed E-state index contributed by atoms with van der Waals surface area (Å²) in [6.45, 7) is 4.12. The summed E-state index contributed by atoms with van der Waals surface area (Å²) in [4.78, 5) is 0. The van der Waals surface area contributed by atoms with Gasteiger partial charge in [0.05, 0.1) is 6.20 Å². The molecular weight excluding hydrogens is 242 g/mol. The van der Waals surface area contributed by atoms with Gasteiger partial charge in [0, 0.05) is 24.3 Å². The molecule has 1 aliphatic rings. The van der Waals surface area contributed by atoms with Crippen molar-refractivity contribution in [1.82, 2.24) is 15.5 Å². The smallest absolute Gasteiger partial charge is 0.161 e. The number of hydrogen-bond acceptors (Lipinski definition) is 4. The highest BCUT2D eigenvalue weighted by Crippen LogP contribution is 2.30. The number of benzene rings is 1. The Morgan fingerprint density at radius 3 is 3.00 bits per heavy atom. The molecule has 5 nitrogen and oxygen atoms in total. The Bertz CT molecular complexity index is 553. The molecule has 1 aliphatic heterocycles.